The van der Waals surface area contributed by atoms with E-state index in [9.17, 15) is 0 Å². The molecule has 1 atom stereocenters. The summed E-state index contributed by atoms with van der Waals surface area (Å²) in [6.45, 7) is -4.64. The van der Waals surface area contributed by atoms with Crippen LogP contribution in [-0.2, 0) is 0 Å². The van der Waals surface area contributed by atoms with Gasteiger partial charge in [-0.3, -0.25) is 0 Å². The molecule has 1 saturated heterocycles. The molecule has 1 heterocycles. The van der Waals surface area contributed by atoms with Crippen LogP contribution in [0.15, 0.2) is 0 Å². The molecule has 6 heavy (non-hydrogen) atoms. The van der Waals surface area contributed by atoms with E-state index in [4.69, 9.17) is 12.3 Å². The zero-order valence-corrected chi connectivity index (χ0v) is 3.08. The van der Waals surface area contributed by atoms with Gasteiger partial charge in [-0.2, -0.15) is 0 Å². The lowest BCUT2D eigenvalue weighted by molar-refractivity contribution is 0.520. The summed E-state index contributed by atoms with van der Waals surface area (Å²) in [5, 5.41) is 1.80. The molecule has 0 aliphatic carbocycles. The van der Waals surface area contributed by atoms with E-state index in [0.29, 0.717) is 0 Å². The number of hydrogen-bond donors (Lipinski definition) is 1. The third kappa shape index (κ3) is 0.977. The largest absolute Gasteiger partial charge is 0.317 e. The van der Waals surface area contributed by atoms with Crippen molar-refractivity contribution in [3.05, 3.63) is 0 Å². The topological polar surface area (TPSA) is 12.0 Å². The van der Waals surface area contributed by atoms with Crippen LogP contribution in [0.5, 0.6) is 0 Å². The van der Waals surface area contributed by atoms with Gasteiger partial charge in [0.15, 0.2) is 0 Å². The Morgan fingerprint density at radius 2 is 2.33 bits per heavy atom. The molecule has 1 unspecified atom stereocenters. The third-order valence-corrected chi connectivity index (χ3v) is 0.414. The van der Waals surface area contributed by atoms with E-state index in [1.165, 1.54) is 0 Å². The van der Waals surface area contributed by atoms with E-state index in [-0.39, 0.29) is 0 Å². The summed E-state index contributed by atoms with van der Waals surface area (Å²) in [6.07, 6.45) is -8.94. The van der Waals surface area contributed by atoms with Crippen LogP contribution >= 0.6 is 0 Å². The van der Waals surface area contributed by atoms with Crippen LogP contribution in [0.2, 0.25) is 0 Å². The van der Waals surface area contributed by atoms with E-state index in [1.807, 2.05) is 0 Å². The van der Waals surface area contributed by atoms with Crippen molar-refractivity contribution in [3.63, 3.8) is 0 Å². The van der Waals surface area contributed by atoms with Crippen LogP contribution in [0, 0.1) is 0 Å². The van der Waals surface area contributed by atoms with Gasteiger partial charge in [-0.15, -0.1) is 0 Å². The molecule has 36 valence electrons. The van der Waals surface area contributed by atoms with E-state index in [0.717, 1.165) is 0 Å². The third-order valence-electron chi connectivity index (χ3n) is 0.414. The van der Waals surface area contributed by atoms with Crippen molar-refractivity contribution in [2.24, 2.45) is 0 Å². The van der Waals surface area contributed by atoms with Gasteiger partial charge in [0.05, 0.1) is 0 Å². The molecular weight excluding hydrogens is 74.1 g/mol. The quantitative estimate of drug-likeness (QED) is 0.467. The Bertz CT molecular complexity index is 272. The molecule has 0 aromatic heterocycles. The average Bonchev–Trinajstić information content (AvgIpc) is 2.00. The van der Waals surface area contributed by atoms with Crippen molar-refractivity contribution in [3.8, 4) is 0 Å². The van der Waals surface area contributed by atoms with E-state index in [2.05, 4.69) is 0 Å². The first-order valence-corrected chi connectivity index (χ1v) is 1.58. The molecule has 1 aliphatic heterocycles. The lowest BCUT2D eigenvalue weighted by atomic mass is 10.2. The minimum Gasteiger partial charge on any atom is -0.317 e. The van der Waals surface area contributed by atoms with Gasteiger partial charge in [-0.05, 0) is 25.8 Å². The molecule has 1 heteroatoms. The Hall–Kier alpha value is -0.0400. The number of nitrogens with one attached hydrogen (secondary N) is 1. The molecule has 0 saturated carbocycles. The predicted molar refractivity (Wildman–Crippen MR) is 26.7 cm³/mol. The van der Waals surface area contributed by atoms with Crippen molar-refractivity contribution in [2.45, 2.75) is 19.1 Å². The Balaban J connectivity index is 3.30. The van der Waals surface area contributed by atoms with Gasteiger partial charge < -0.3 is 5.32 Å². The summed E-state index contributed by atoms with van der Waals surface area (Å²) < 4.78 is 65.6. The number of rotatable bonds is 0. The van der Waals surface area contributed by atoms with Crippen LogP contribution in [0.3, 0.4) is 0 Å². The first kappa shape index (κ1) is 0.655. The first-order chi connectivity index (χ1) is 6.38. The summed E-state index contributed by atoms with van der Waals surface area (Å²) in [4.78, 5) is 0. The van der Waals surface area contributed by atoms with E-state index < -0.39 is 32.1 Å². The summed E-state index contributed by atoms with van der Waals surface area (Å²) in [5.74, 6) is 0. The lowest BCUT2D eigenvalue weighted by Crippen LogP contribution is -2.21. The molecule has 0 radical (unpaired) electrons. The molecule has 1 N–H and O–H groups in total. The van der Waals surface area contributed by atoms with Gasteiger partial charge in [-0.1, -0.05) is 6.37 Å². The van der Waals surface area contributed by atoms with Gasteiger partial charge in [0, 0.05) is 12.3 Å². The molecule has 0 bridgehead atoms. The molecule has 1 fully saturated rings. The van der Waals surface area contributed by atoms with Crippen LogP contribution in [0.25, 0.3) is 0 Å². The van der Waals surface area contributed by atoms with Crippen molar-refractivity contribution in [2.75, 3.05) is 13.0 Å². The molecule has 0 aromatic carbocycles. The SMILES string of the molecule is [2H]C1NC([2H])([2H])C([2H])([2H])C([2H])([2H])C1([2H])[2H]. The molecule has 1 aliphatic rings. The molecule has 0 aromatic rings. The highest BCUT2D eigenvalue weighted by Gasteiger charge is 1.93. The summed E-state index contributed by atoms with van der Waals surface area (Å²) in [5.41, 5.74) is 0. The Morgan fingerprint density at radius 1 is 1.33 bits per heavy atom. The maximum absolute atomic E-state index is 7.33. The molecule has 1 nitrogen and oxygen atoms in total. The smallest absolute Gasteiger partial charge is 0.0428 e. The van der Waals surface area contributed by atoms with Gasteiger partial charge in [0.1, 0.15) is 0 Å². The van der Waals surface area contributed by atoms with Gasteiger partial charge in [-0.25, -0.2) is 0 Å². The Morgan fingerprint density at radius 3 is 3.33 bits per heavy atom. The summed E-state index contributed by atoms with van der Waals surface area (Å²) in [6, 6.07) is 0. The molecular formula is C5H11N. The molecule has 0 spiro atoms. The van der Waals surface area contributed by atoms with Gasteiger partial charge in [0.25, 0.3) is 0 Å². The maximum Gasteiger partial charge on any atom is 0.0428 e. The number of piperidine rings is 1. The Labute approximate surface area is 51.4 Å². The normalized spacial score (nSPS) is 92.0. The van der Waals surface area contributed by atoms with Crippen LogP contribution < -0.4 is 5.32 Å². The minimum absolute atomic E-state index is 1.80. The summed E-state index contributed by atoms with van der Waals surface area (Å²) >= 11 is 0. The van der Waals surface area contributed by atoms with E-state index >= 15 is 0 Å². The predicted octanol–water partition coefficient (Wildman–Crippen LogP) is 0.760. The van der Waals surface area contributed by atoms with Gasteiger partial charge in [0.2, 0.25) is 0 Å². The highest BCUT2D eigenvalue weighted by atomic mass is 14.9. The monoisotopic (exact) mass is 94.1 g/mol. The average molecular weight is 94.2 g/mol. The fourth-order valence-corrected chi connectivity index (χ4v) is 0.212. The summed E-state index contributed by atoms with van der Waals surface area (Å²) in [7, 11) is 0. The maximum atomic E-state index is 7.33. The first-order valence-electron chi connectivity index (χ1n) is 6.15. The van der Waals surface area contributed by atoms with E-state index in [1.54, 1.807) is 5.32 Å². The highest BCUT2D eigenvalue weighted by molar-refractivity contribution is 4.55. The van der Waals surface area contributed by atoms with Crippen molar-refractivity contribution >= 4 is 0 Å². The van der Waals surface area contributed by atoms with Crippen LogP contribution in [-0.4, -0.2) is 13.0 Å². The zero-order valence-electron chi connectivity index (χ0n) is 12.1. The molecule has 0 amide bonds. The zero-order chi connectivity index (χ0) is 12.3. The van der Waals surface area contributed by atoms with Crippen LogP contribution in [0.4, 0.5) is 0 Å². The van der Waals surface area contributed by atoms with Gasteiger partial charge >= 0.3 is 0 Å². The highest BCUT2D eigenvalue weighted by Crippen LogP contribution is 1.96. The second-order valence-electron chi connectivity index (χ2n) is 0.808. The second kappa shape index (κ2) is 2.19. The fraction of sp³-hybridized carbons (Fsp3) is 1.00. The van der Waals surface area contributed by atoms with Crippen LogP contribution in [0.1, 0.15) is 31.5 Å². The molecule has 1 rings (SSSR count). The lowest BCUT2D eigenvalue weighted by Gasteiger charge is -2.08. The second-order valence-corrected chi connectivity index (χ2v) is 0.808. The van der Waals surface area contributed by atoms with Crippen molar-refractivity contribution in [1.82, 2.24) is 5.32 Å². The van der Waals surface area contributed by atoms with Crippen molar-refractivity contribution in [1.29, 1.82) is 0 Å². The number of hydrogen-bond acceptors (Lipinski definition) is 1. The van der Waals surface area contributed by atoms with Crippen molar-refractivity contribution < 1.29 is 12.3 Å². The minimum atomic E-state index is -3.08. The Kier molecular flexibility index (Phi) is 0.239. The fourth-order valence-electron chi connectivity index (χ4n) is 0.212. The standard InChI is InChI=1S/C5H11N/c1-2-4-6-5-3-1/h6H,1-5H2/i1D2,2D2,3D2,4D,5D2.